The molecule has 156 valence electrons. The molecule has 6 nitrogen and oxygen atoms in total. The van der Waals surface area contributed by atoms with Crippen molar-refractivity contribution >= 4 is 17.7 Å². The molecule has 0 bridgehead atoms. The van der Waals surface area contributed by atoms with Crippen LogP contribution in [0.4, 0.5) is 0 Å². The maximum Gasteiger partial charge on any atom is 0.233 e. The molecule has 2 aliphatic rings. The Kier molecular flexibility index (Phi) is 7.07. The minimum Gasteiger partial charge on any atom is -0.491 e. The Labute approximate surface area is 172 Å². The lowest BCUT2D eigenvalue weighted by Gasteiger charge is -2.14. The molecule has 1 N–H and O–H groups in total. The highest BCUT2D eigenvalue weighted by Crippen LogP contribution is 2.34. The van der Waals surface area contributed by atoms with Gasteiger partial charge in [-0.2, -0.15) is 0 Å². The number of hydrogen-bond acceptors (Lipinski definition) is 4. The highest BCUT2D eigenvalue weighted by atomic mass is 16.5. The van der Waals surface area contributed by atoms with Crippen molar-refractivity contribution in [2.24, 2.45) is 11.8 Å². The molecule has 1 aliphatic carbocycles. The zero-order valence-corrected chi connectivity index (χ0v) is 17.2. The summed E-state index contributed by atoms with van der Waals surface area (Å²) in [4.78, 5) is 38.2. The van der Waals surface area contributed by atoms with Crippen LogP contribution in [0.3, 0.4) is 0 Å². The van der Waals surface area contributed by atoms with Crippen LogP contribution in [-0.4, -0.2) is 41.8 Å². The predicted octanol–water partition coefficient (Wildman–Crippen LogP) is 2.86. The maximum absolute atomic E-state index is 12.4. The summed E-state index contributed by atoms with van der Waals surface area (Å²) in [6, 6.07) is 8.00. The lowest BCUT2D eigenvalue weighted by molar-refractivity contribution is -0.140. The molecule has 3 amide bonds. The van der Waals surface area contributed by atoms with Crippen LogP contribution in [0.1, 0.15) is 45.1 Å². The lowest BCUT2D eigenvalue weighted by Crippen LogP contribution is -2.35. The Morgan fingerprint density at radius 2 is 1.86 bits per heavy atom. The van der Waals surface area contributed by atoms with Crippen LogP contribution >= 0.6 is 0 Å². The fourth-order valence-corrected chi connectivity index (χ4v) is 3.96. The van der Waals surface area contributed by atoms with Crippen LogP contribution in [0, 0.1) is 11.8 Å². The number of amides is 3. The second-order valence-electron chi connectivity index (χ2n) is 8.00. The molecule has 0 aromatic heterocycles. The van der Waals surface area contributed by atoms with E-state index in [-0.39, 0.29) is 48.6 Å². The van der Waals surface area contributed by atoms with Crippen LogP contribution in [0.15, 0.2) is 36.4 Å². The first-order valence-electron chi connectivity index (χ1n) is 10.5. The average Bonchev–Trinajstić information content (AvgIpc) is 2.94. The summed E-state index contributed by atoms with van der Waals surface area (Å²) >= 11 is 0. The van der Waals surface area contributed by atoms with E-state index >= 15 is 0 Å². The van der Waals surface area contributed by atoms with Gasteiger partial charge >= 0.3 is 0 Å². The number of imide groups is 1. The van der Waals surface area contributed by atoms with Crippen molar-refractivity contribution in [2.45, 2.75) is 52.1 Å². The molecule has 1 aliphatic heterocycles. The summed E-state index contributed by atoms with van der Waals surface area (Å²) < 4.78 is 5.70. The van der Waals surface area contributed by atoms with E-state index in [1.54, 1.807) is 0 Å². The number of benzene rings is 1. The summed E-state index contributed by atoms with van der Waals surface area (Å²) in [6.45, 7) is 4.73. The number of fused-ring (bicyclic) bond motifs is 1. The summed E-state index contributed by atoms with van der Waals surface area (Å²) in [5.74, 6) is 0.0195. The van der Waals surface area contributed by atoms with Gasteiger partial charge in [-0.3, -0.25) is 19.3 Å². The molecule has 0 radical (unpaired) electrons. The first-order valence-corrected chi connectivity index (χ1v) is 10.5. The van der Waals surface area contributed by atoms with Crippen molar-refractivity contribution < 1.29 is 19.1 Å². The van der Waals surface area contributed by atoms with Crippen LogP contribution in [0.2, 0.25) is 0 Å². The molecule has 2 atom stereocenters. The van der Waals surface area contributed by atoms with E-state index in [2.05, 4.69) is 5.32 Å². The van der Waals surface area contributed by atoms with E-state index in [0.29, 0.717) is 19.4 Å². The summed E-state index contributed by atoms with van der Waals surface area (Å²) in [5.41, 5.74) is 1.17. The van der Waals surface area contributed by atoms with Gasteiger partial charge in [0.05, 0.1) is 17.9 Å². The number of hydrogen-bond donors (Lipinski definition) is 1. The molecule has 1 aromatic rings. The first kappa shape index (κ1) is 21.1. The zero-order chi connectivity index (χ0) is 20.8. The number of nitrogens with one attached hydrogen (secondary N) is 1. The third-order valence-corrected chi connectivity index (χ3v) is 5.40. The molecule has 0 unspecified atom stereocenters. The van der Waals surface area contributed by atoms with Gasteiger partial charge in [0.2, 0.25) is 17.7 Å². The fourth-order valence-electron chi connectivity index (χ4n) is 3.96. The van der Waals surface area contributed by atoms with Gasteiger partial charge in [0.25, 0.3) is 0 Å². The Morgan fingerprint density at radius 3 is 2.52 bits per heavy atom. The SMILES string of the molecule is CC(C)Oc1cccc(CCCNC(=O)CCN2C(=O)[C@H]3CC=CC[C@H]3C2=O)c1. The number of ether oxygens (including phenoxy) is 1. The Bertz CT molecular complexity index is 761. The molecular formula is C23H30N2O4. The standard InChI is InChI=1S/C23H30N2O4/c1-16(2)29-18-9-5-7-17(15-18)8-6-13-24-21(26)12-14-25-22(27)19-10-3-4-11-20(19)23(25)28/h3-5,7,9,15-16,19-20H,6,8,10-14H2,1-2H3,(H,24,26)/t19-,20+. The number of carbonyl (C=O) groups is 3. The van der Waals surface area contributed by atoms with Gasteiger partial charge in [-0.15, -0.1) is 0 Å². The molecule has 6 heteroatoms. The van der Waals surface area contributed by atoms with Crippen molar-refractivity contribution in [3.8, 4) is 5.75 Å². The van der Waals surface area contributed by atoms with Crippen molar-refractivity contribution in [3.05, 3.63) is 42.0 Å². The van der Waals surface area contributed by atoms with E-state index in [1.165, 1.54) is 10.5 Å². The van der Waals surface area contributed by atoms with E-state index in [9.17, 15) is 14.4 Å². The van der Waals surface area contributed by atoms with Crippen LogP contribution < -0.4 is 10.1 Å². The van der Waals surface area contributed by atoms with Gasteiger partial charge < -0.3 is 10.1 Å². The number of likely N-dealkylation sites (tertiary alicyclic amines) is 1. The van der Waals surface area contributed by atoms with Crippen molar-refractivity contribution in [2.75, 3.05) is 13.1 Å². The van der Waals surface area contributed by atoms with Crippen LogP contribution in [-0.2, 0) is 20.8 Å². The summed E-state index contributed by atoms with van der Waals surface area (Å²) in [7, 11) is 0. The number of rotatable bonds is 9. The van der Waals surface area contributed by atoms with E-state index in [4.69, 9.17) is 4.74 Å². The quantitative estimate of drug-likeness (QED) is 0.394. The minimum absolute atomic E-state index is 0.124. The Hall–Kier alpha value is -2.63. The molecule has 1 heterocycles. The second kappa shape index (κ2) is 9.72. The van der Waals surface area contributed by atoms with Crippen molar-refractivity contribution in [3.63, 3.8) is 0 Å². The summed E-state index contributed by atoms with van der Waals surface area (Å²) in [5, 5.41) is 2.88. The van der Waals surface area contributed by atoms with Crippen molar-refractivity contribution in [1.29, 1.82) is 0 Å². The molecule has 1 saturated heterocycles. The fraction of sp³-hybridized carbons (Fsp3) is 0.522. The minimum atomic E-state index is -0.231. The smallest absolute Gasteiger partial charge is 0.233 e. The number of nitrogens with zero attached hydrogens (tertiary/aromatic N) is 1. The lowest BCUT2D eigenvalue weighted by atomic mass is 9.85. The monoisotopic (exact) mass is 398 g/mol. The Balaban J connectivity index is 1.37. The molecule has 29 heavy (non-hydrogen) atoms. The van der Waals surface area contributed by atoms with Crippen LogP contribution in [0.25, 0.3) is 0 Å². The number of allylic oxidation sites excluding steroid dienone is 2. The highest BCUT2D eigenvalue weighted by Gasteiger charge is 2.46. The van der Waals surface area contributed by atoms with Gasteiger partial charge in [-0.1, -0.05) is 24.3 Å². The van der Waals surface area contributed by atoms with E-state index < -0.39 is 0 Å². The molecule has 1 fully saturated rings. The average molecular weight is 399 g/mol. The topological polar surface area (TPSA) is 75.7 Å². The summed E-state index contributed by atoms with van der Waals surface area (Å²) in [6.07, 6.45) is 7.13. The first-order chi connectivity index (χ1) is 14.0. The molecule has 0 saturated carbocycles. The van der Waals surface area contributed by atoms with Gasteiger partial charge in [-0.05, 0) is 57.2 Å². The maximum atomic E-state index is 12.4. The molecule has 1 aromatic carbocycles. The van der Waals surface area contributed by atoms with Crippen molar-refractivity contribution in [1.82, 2.24) is 10.2 Å². The number of aryl methyl sites for hydroxylation is 1. The van der Waals surface area contributed by atoms with Gasteiger partial charge in [0, 0.05) is 19.5 Å². The highest BCUT2D eigenvalue weighted by molar-refractivity contribution is 6.05. The number of carbonyl (C=O) groups excluding carboxylic acids is 3. The normalized spacial score (nSPS) is 20.9. The van der Waals surface area contributed by atoms with Gasteiger partial charge in [0.1, 0.15) is 5.75 Å². The second-order valence-corrected chi connectivity index (χ2v) is 8.00. The largest absolute Gasteiger partial charge is 0.491 e. The third kappa shape index (κ3) is 5.46. The van der Waals surface area contributed by atoms with Crippen LogP contribution in [0.5, 0.6) is 5.75 Å². The molecular weight excluding hydrogens is 368 g/mol. The molecule has 0 spiro atoms. The van der Waals surface area contributed by atoms with E-state index in [1.807, 2.05) is 50.3 Å². The third-order valence-electron chi connectivity index (χ3n) is 5.40. The van der Waals surface area contributed by atoms with Gasteiger partial charge in [-0.25, -0.2) is 0 Å². The zero-order valence-electron chi connectivity index (χ0n) is 17.2. The van der Waals surface area contributed by atoms with Gasteiger partial charge in [0.15, 0.2) is 0 Å². The predicted molar refractivity (Wildman–Crippen MR) is 110 cm³/mol. The van der Waals surface area contributed by atoms with E-state index in [0.717, 1.165) is 18.6 Å². The molecule has 3 rings (SSSR count). The Morgan fingerprint density at radius 1 is 1.17 bits per heavy atom.